The standard InChI is InChI=1S/C16H14FNO3/c1-10(16(19)20)11-6-7-15-14(8-11)18(9-21-15)13-5-3-2-4-12(13)17/h2-8,10H,9H2,1H3,(H,19,20). The number of hydrogen-bond donors (Lipinski definition) is 1. The number of fused-ring (bicyclic) bond motifs is 1. The van der Waals surface area contributed by atoms with Gasteiger partial charge in [0.15, 0.2) is 6.73 Å². The minimum atomic E-state index is -0.897. The molecule has 0 radical (unpaired) electrons. The maximum atomic E-state index is 13.9. The molecule has 2 aromatic rings. The van der Waals surface area contributed by atoms with E-state index in [2.05, 4.69) is 0 Å². The largest absolute Gasteiger partial charge is 0.481 e. The molecule has 0 spiro atoms. The molecule has 1 N–H and O–H groups in total. The van der Waals surface area contributed by atoms with Gasteiger partial charge in [0.05, 0.1) is 17.3 Å². The molecule has 1 unspecified atom stereocenters. The van der Waals surface area contributed by atoms with Gasteiger partial charge in [0.25, 0.3) is 0 Å². The summed E-state index contributed by atoms with van der Waals surface area (Å²) in [5.74, 6) is -1.24. The highest BCUT2D eigenvalue weighted by Gasteiger charge is 2.26. The van der Waals surface area contributed by atoms with E-state index in [0.29, 0.717) is 22.7 Å². The molecular weight excluding hydrogens is 273 g/mol. The number of benzene rings is 2. The van der Waals surface area contributed by atoms with Gasteiger partial charge >= 0.3 is 5.97 Å². The summed E-state index contributed by atoms with van der Waals surface area (Å²) in [6.45, 7) is 1.83. The van der Waals surface area contributed by atoms with E-state index in [1.165, 1.54) is 6.07 Å². The third-order valence-corrected chi connectivity index (χ3v) is 3.64. The lowest BCUT2D eigenvalue weighted by Gasteiger charge is -2.18. The van der Waals surface area contributed by atoms with Crippen LogP contribution >= 0.6 is 0 Å². The van der Waals surface area contributed by atoms with Crippen molar-refractivity contribution < 1.29 is 19.0 Å². The Morgan fingerprint density at radius 1 is 1.29 bits per heavy atom. The number of rotatable bonds is 3. The average Bonchev–Trinajstić information content (AvgIpc) is 2.89. The van der Waals surface area contributed by atoms with E-state index in [-0.39, 0.29) is 12.5 Å². The lowest BCUT2D eigenvalue weighted by molar-refractivity contribution is -0.138. The Hall–Kier alpha value is -2.56. The second-order valence-corrected chi connectivity index (χ2v) is 4.94. The number of hydrogen-bond acceptors (Lipinski definition) is 3. The third-order valence-electron chi connectivity index (χ3n) is 3.64. The third kappa shape index (κ3) is 2.31. The van der Waals surface area contributed by atoms with Gasteiger partial charge in [-0.25, -0.2) is 4.39 Å². The van der Waals surface area contributed by atoms with Crippen LogP contribution in [0.4, 0.5) is 15.8 Å². The van der Waals surface area contributed by atoms with E-state index < -0.39 is 11.9 Å². The molecule has 5 heteroatoms. The predicted octanol–water partition coefficient (Wildman–Crippen LogP) is 3.50. The van der Waals surface area contributed by atoms with Crippen molar-refractivity contribution in [3.8, 4) is 5.75 Å². The molecule has 0 fully saturated rings. The fourth-order valence-electron chi connectivity index (χ4n) is 2.35. The topological polar surface area (TPSA) is 49.8 Å². The molecule has 1 heterocycles. The number of aliphatic carboxylic acids is 1. The quantitative estimate of drug-likeness (QED) is 0.938. The highest BCUT2D eigenvalue weighted by atomic mass is 19.1. The smallest absolute Gasteiger partial charge is 0.310 e. The predicted molar refractivity (Wildman–Crippen MR) is 76.5 cm³/mol. The summed E-state index contributed by atoms with van der Waals surface area (Å²) in [6.07, 6.45) is 0. The zero-order valence-corrected chi connectivity index (χ0v) is 11.4. The Morgan fingerprint density at radius 2 is 2.05 bits per heavy atom. The molecule has 1 atom stereocenters. The van der Waals surface area contributed by atoms with Crippen LogP contribution in [0.15, 0.2) is 42.5 Å². The van der Waals surface area contributed by atoms with Crippen molar-refractivity contribution in [3.05, 3.63) is 53.8 Å². The number of para-hydroxylation sites is 1. The van der Waals surface area contributed by atoms with Crippen molar-refractivity contribution >= 4 is 17.3 Å². The summed E-state index contributed by atoms with van der Waals surface area (Å²) < 4.78 is 19.5. The number of ether oxygens (including phenoxy) is 1. The Bertz CT molecular complexity index is 702. The van der Waals surface area contributed by atoms with Crippen molar-refractivity contribution in [2.24, 2.45) is 0 Å². The van der Waals surface area contributed by atoms with E-state index in [1.54, 1.807) is 48.2 Å². The first-order valence-corrected chi connectivity index (χ1v) is 6.59. The van der Waals surface area contributed by atoms with Gasteiger partial charge in [-0.05, 0) is 36.8 Å². The number of halogens is 1. The van der Waals surface area contributed by atoms with Crippen LogP contribution in [0, 0.1) is 5.82 Å². The Kier molecular flexibility index (Phi) is 3.25. The fraction of sp³-hybridized carbons (Fsp3) is 0.188. The summed E-state index contributed by atoms with van der Waals surface area (Å²) in [5.41, 5.74) is 1.76. The first kappa shape index (κ1) is 13.4. The minimum Gasteiger partial charge on any atom is -0.481 e. The molecule has 0 bridgehead atoms. The Labute approximate surface area is 121 Å². The molecule has 4 nitrogen and oxygen atoms in total. The van der Waals surface area contributed by atoms with E-state index in [1.807, 2.05) is 0 Å². The lowest BCUT2D eigenvalue weighted by atomic mass is 10.0. The van der Waals surface area contributed by atoms with Crippen LogP contribution in [0.2, 0.25) is 0 Å². The normalized spacial score (nSPS) is 14.5. The van der Waals surface area contributed by atoms with Gasteiger partial charge in [-0.1, -0.05) is 18.2 Å². The monoisotopic (exact) mass is 287 g/mol. The molecule has 0 amide bonds. The number of carboxylic acids is 1. The van der Waals surface area contributed by atoms with Crippen LogP contribution in [0.25, 0.3) is 0 Å². The number of carbonyl (C=O) groups is 1. The second kappa shape index (κ2) is 5.09. The first-order valence-electron chi connectivity index (χ1n) is 6.59. The average molecular weight is 287 g/mol. The van der Waals surface area contributed by atoms with Gasteiger partial charge in [-0.15, -0.1) is 0 Å². The molecular formula is C16H14FNO3. The maximum absolute atomic E-state index is 13.9. The molecule has 0 aliphatic carbocycles. The molecule has 21 heavy (non-hydrogen) atoms. The summed E-state index contributed by atoms with van der Waals surface area (Å²) in [7, 11) is 0. The van der Waals surface area contributed by atoms with E-state index in [9.17, 15) is 9.18 Å². The van der Waals surface area contributed by atoms with Crippen LogP contribution < -0.4 is 9.64 Å². The lowest BCUT2D eigenvalue weighted by Crippen LogP contribution is -2.17. The number of anilines is 2. The number of nitrogens with zero attached hydrogens (tertiary/aromatic N) is 1. The van der Waals surface area contributed by atoms with Crippen molar-refractivity contribution in [1.82, 2.24) is 0 Å². The molecule has 0 saturated heterocycles. The molecule has 1 aliphatic heterocycles. The van der Waals surface area contributed by atoms with Gasteiger partial charge in [0.2, 0.25) is 0 Å². The van der Waals surface area contributed by atoms with Crippen LogP contribution in [-0.4, -0.2) is 17.8 Å². The van der Waals surface area contributed by atoms with Crippen molar-refractivity contribution in [1.29, 1.82) is 0 Å². The fourth-order valence-corrected chi connectivity index (χ4v) is 2.35. The van der Waals surface area contributed by atoms with Crippen LogP contribution in [-0.2, 0) is 4.79 Å². The van der Waals surface area contributed by atoms with Gasteiger partial charge in [-0.3, -0.25) is 4.79 Å². The van der Waals surface area contributed by atoms with Gasteiger partial charge < -0.3 is 14.7 Å². The number of carboxylic acid groups (broad SMARTS) is 1. The second-order valence-electron chi connectivity index (χ2n) is 4.94. The van der Waals surface area contributed by atoms with E-state index in [0.717, 1.165) is 0 Å². The first-order chi connectivity index (χ1) is 10.1. The van der Waals surface area contributed by atoms with Crippen LogP contribution in [0.3, 0.4) is 0 Å². The summed E-state index contributed by atoms with van der Waals surface area (Å²) in [5, 5.41) is 9.11. The molecule has 3 rings (SSSR count). The van der Waals surface area contributed by atoms with Crippen molar-refractivity contribution in [2.45, 2.75) is 12.8 Å². The zero-order valence-electron chi connectivity index (χ0n) is 11.4. The van der Waals surface area contributed by atoms with E-state index in [4.69, 9.17) is 9.84 Å². The molecule has 2 aromatic carbocycles. The molecule has 108 valence electrons. The Morgan fingerprint density at radius 3 is 2.76 bits per heavy atom. The molecule has 1 aliphatic rings. The molecule has 0 saturated carbocycles. The van der Waals surface area contributed by atoms with Crippen molar-refractivity contribution in [3.63, 3.8) is 0 Å². The van der Waals surface area contributed by atoms with Gasteiger partial charge in [0.1, 0.15) is 11.6 Å². The van der Waals surface area contributed by atoms with Gasteiger partial charge in [-0.2, -0.15) is 0 Å². The highest BCUT2D eigenvalue weighted by Crippen LogP contribution is 2.41. The SMILES string of the molecule is CC(C(=O)O)c1ccc2c(c1)N(c1ccccc1F)CO2. The van der Waals surface area contributed by atoms with Gasteiger partial charge in [0, 0.05) is 0 Å². The van der Waals surface area contributed by atoms with E-state index >= 15 is 0 Å². The maximum Gasteiger partial charge on any atom is 0.310 e. The molecule has 0 aromatic heterocycles. The highest BCUT2D eigenvalue weighted by molar-refractivity contribution is 5.78. The minimum absolute atomic E-state index is 0.209. The summed E-state index contributed by atoms with van der Waals surface area (Å²) in [4.78, 5) is 12.8. The van der Waals surface area contributed by atoms with Crippen LogP contribution in [0.1, 0.15) is 18.4 Å². The zero-order chi connectivity index (χ0) is 15.0. The van der Waals surface area contributed by atoms with Crippen LogP contribution in [0.5, 0.6) is 5.75 Å². The Balaban J connectivity index is 2.03. The summed E-state index contributed by atoms with van der Waals surface area (Å²) in [6, 6.07) is 11.6. The summed E-state index contributed by atoms with van der Waals surface area (Å²) >= 11 is 0. The van der Waals surface area contributed by atoms with Crippen molar-refractivity contribution in [2.75, 3.05) is 11.6 Å².